The molecule has 5 heteroatoms. The van der Waals surface area contributed by atoms with Crippen LogP contribution in [-0.2, 0) is 4.79 Å². The molecule has 0 bridgehead atoms. The van der Waals surface area contributed by atoms with Gasteiger partial charge >= 0.3 is 0 Å². The molecule has 1 aromatic heterocycles. The summed E-state index contributed by atoms with van der Waals surface area (Å²) in [4.78, 5) is 12.1. The molecule has 16 heavy (non-hydrogen) atoms. The van der Waals surface area contributed by atoms with E-state index in [0.29, 0.717) is 31.0 Å². The minimum absolute atomic E-state index is 0.0895. The third-order valence-electron chi connectivity index (χ3n) is 3.10. The van der Waals surface area contributed by atoms with E-state index in [2.05, 4.69) is 10.5 Å². The second-order valence-corrected chi connectivity index (χ2v) is 3.97. The smallest absolute Gasteiger partial charge is 0.233 e. The summed E-state index contributed by atoms with van der Waals surface area (Å²) in [6.45, 7) is 6.04. The first-order chi connectivity index (χ1) is 7.57. The number of nitrogens with one attached hydrogen (secondary N) is 1. The van der Waals surface area contributed by atoms with Gasteiger partial charge in [-0.2, -0.15) is 0 Å². The van der Waals surface area contributed by atoms with Crippen molar-refractivity contribution in [1.29, 1.82) is 0 Å². The summed E-state index contributed by atoms with van der Waals surface area (Å²) in [5, 5.41) is 6.46. The average Bonchev–Trinajstić information content (AvgIpc) is 2.67. The summed E-state index contributed by atoms with van der Waals surface area (Å²) in [7, 11) is 0. The van der Waals surface area contributed by atoms with Gasteiger partial charge in [-0.1, -0.05) is 19.0 Å². The number of aryl methyl sites for hydroxylation is 1. The van der Waals surface area contributed by atoms with Crippen LogP contribution in [0.25, 0.3) is 0 Å². The molecule has 1 heterocycles. The molecule has 0 aliphatic carbocycles. The molecule has 1 amide bonds. The van der Waals surface area contributed by atoms with Gasteiger partial charge in [0, 0.05) is 12.6 Å². The fourth-order valence-corrected chi connectivity index (χ4v) is 1.63. The van der Waals surface area contributed by atoms with E-state index in [9.17, 15) is 4.79 Å². The minimum atomic E-state index is -0.507. The summed E-state index contributed by atoms with van der Waals surface area (Å²) in [5.74, 6) is 1.03. The number of nitrogens with two attached hydrogens (primary N) is 1. The van der Waals surface area contributed by atoms with Crippen molar-refractivity contribution in [3.05, 3.63) is 11.8 Å². The van der Waals surface area contributed by atoms with Crippen LogP contribution in [0, 0.1) is 12.3 Å². The number of aromatic nitrogens is 1. The number of nitrogens with zero attached hydrogens (tertiary/aromatic N) is 1. The molecule has 0 aliphatic rings. The normalized spacial score (nSPS) is 11.5. The second kappa shape index (κ2) is 5.12. The zero-order valence-electron chi connectivity index (χ0n) is 10.0. The lowest BCUT2D eigenvalue weighted by Gasteiger charge is -2.27. The van der Waals surface area contributed by atoms with Crippen LogP contribution < -0.4 is 11.1 Å². The zero-order chi connectivity index (χ0) is 12.2. The van der Waals surface area contributed by atoms with Crippen LogP contribution in [-0.4, -0.2) is 17.6 Å². The quantitative estimate of drug-likeness (QED) is 0.799. The van der Waals surface area contributed by atoms with Crippen LogP contribution in [0.4, 0.5) is 5.82 Å². The maximum absolute atomic E-state index is 12.1. The number of carbonyl (C=O) groups is 1. The summed E-state index contributed by atoms with van der Waals surface area (Å²) in [6, 6.07) is 1.69. The van der Waals surface area contributed by atoms with Gasteiger partial charge in [-0.05, 0) is 19.8 Å². The molecule has 0 aromatic carbocycles. The van der Waals surface area contributed by atoms with Crippen LogP contribution in [0.3, 0.4) is 0 Å². The Hall–Kier alpha value is -1.36. The fraction of sp³-hybridized carbons (Fsp3) is 0.636. The van der Waals surface area contributed by atoms with Crippen LogP contribution >= 0.6 is 0 Å². The van der Waals surface area contributed by atoms with Gasteiger partial charge in [-0.15, -0.1) is 0 Å². The highest BCUT2D eigenvalue weighted by atomic mass is 16.5. The lowest BCUT2D eigenvalue weighted by Crippen LogP contribution is -2.41. The summed E-state index contributed by atoms with van der Waals surface area (Å²) in [5.41, 5.74) is 5.18. The van der Waals surface area contributed by atoms with Crippen molar-refractivity contribution >= 4 is 11.7 Å². The number of hydrogen-bond acceptors (Lipinski definition) is 4. The van der Waals surface area contributed by atoms with E-state index in [1.807, 2.05) is 13.8 Å². The van der Waals surface area contributed by atoms with E-state index in [4.69, 9.17) is 10.3 Å². The Morgan fingerprint density at radius 3 is 2.56 bits per heavy atom. The van der Waals surface area contributed by atoms with Crippen molar-refractivity contribution in [1.82, 2.24) is 5.16 Å². The Kier molecular flexibility index (Phi) is 4.06. The van der Waals surface area contributed by atoms with Gasteiger partial charge in [0.05, 0.1) is 5.41 Å². The highest BCUT2D eigenvalue weighted by Crippen LogP contribution is 2.26. The lowest BCUT2D eigenvalue weighted by atomic mass is 9.81. The number of rotatable bonds is 5. The lowest BCUT2D eigenvalue weighted by molar-refractivity contribution is -0.125. The maximum atomic E-state index is 12.1. The highest BCUT2D eigenvalue weighted by molar-refractivity contribution is 5.94. The largest absolute Gasteiger partial charge is 0.360 e. The average molecular weight is 225 g/mol. The van der Waals surface area contributed by atoms with Crippen LogP contribution in [0.1, 0.15) is 32.4 Å². The van der Waals surface area contributed by atoms with Gasteiger partial charge < -0.3 is 15.6 Å². The van der Waals surface area contributed by atoms with E-state index in [-0.39, 0.29) is 5.91 Å². The SMILES string of the molecule is CCC(CC)(CN)C(=O)Nc1cc(C)on1. The topological polar surface area (TPSA) is 81.2 Å². The van der Waals surface area contributed by atoms with E-state index in [1.165, 1.54) is 0 Å². The molecule has 1 rings (SSSR count). The molecule has 3 N–H and O–H groups in total. The first-order valence-corrected chi connectivity index (χ1v) is 5.52. The third-order valence-corrected chi connectivity index (χ3v) is 3.10. The molecule has 0 radical (unpaired) electrons. The summed E-state index contributed by atoms with van der Waals surface area (Å²) in [6.07, 6.45) is 1.42. The molecular weight excluding hydrogens is 206 g/mol. The highest BCUT2D eigenvalue weighted by Gasteiger charge is 2.33. The van der Waals surface area contributed by atoms with E-state index >= 15 is 0 Å². The Labute approximate surface area is 95.4 Å². The van der Waals surface area contributed by atoms with Gasteiger partial charge in [0.15, 0.2) is 5.82 Å². The number of hydrogen-bond donors (Lipinski definition) is 2. The van der Waals surface area contributed by atoms with Crippen molar-refractivity contribution < 1.29 is 9.32 Å². The zero-order valence-corrected chi connectivity index (χ0v) is 10.0. The number of carbonyl (C=O) groups excluding carboxylic acids is 1. The standard InChI is InChI=1S/C11H19N3O2/c1-4-11(5-2,7-12)10(15)13-9-6-8(3)16-14-9/h6H,4-5,7,12H2,1-3H3,(H,13,14,15). The van der Waals surface area contributed by atoms with Crippen molar-refractivity contribution in [3.63, 3.8) is 0 Å². The molecule has 0 spiro atoms. The van der Waals surface area contributed by atoms with E-state index in [1.54, 1.807) is 13.0 Å². The third kappa shape index (κ3) is 2.41. The van der Waals surface area contributed by atoms with Gasteiger partial charge in [-0.25, -0.2) is 0 Å². The Morgan fingerprint density at radius 1 is 1.56 bits per heavy atom. The molecule has 90 valence electrons. The second-order valence-electron chi connectivity index (χ2n) is 3.97. The van der Waals surface area contributed by atoms with Crippen LogP contribution in [0.5, 0.6) is 0 Å². The fourth-order valence-electron chi connectivity index (χ4n) is 1.63. The van der Waals surface area contributed by atoms with Crippen molar-refractivity contribution in [2.45, 2.75) is 33.6 Å². The van der Waals surface area contributed by atoms with Crippen molar-refractivity contribution in [2.24, 2.45) is 11.1 Å². The first-order valence-electron chi connectivity index (χ1n) is 5.52. The molecule has 0 atom stereocenters. The predicted molar refractivity (Wildman–Crippen MR) is 61.9 cm³/mol. The monoisotopic (exact) mass is 225 g/mol. The molecule has 1 aromatic rings. The van der Waals surface area contributed by atoms with E-state index in [0.717, 1.165) is 0 Å². The molecule has 0 saturated heterocycles. The van der Waals surface area contributed by atoms with Crippen LogP contribution in [0.2, 0.25) is 0 Å². The molecule has 0 unspecified atom stereocenters. The van der Waals surface area contributed by atoms with Gasteiger partial charge in [0.25, 0.3) is 0 Å². The Bertz CT molecular complexity index is 348. The number of anilines is 1. The maximum Gasteiger partial charge on any atom is 0.233 e. The molecule has 5 nitrogen and oxygen atoms in total. The molecular formula is C11H19N3O2. The molecule has 0 saturated carbocycles. The number of amides is 1. The summed E-state index contributed by atoms with van der Waals surface area (Å²) < 4.78 is 4.88. The van der Waals surface area contributed by atoms with Crippen molar-refractivity contribution in [2.75, 3.05) is 11.9 Å². The predicted octanol–water partition coefficient (Wildman–Crippen LogP) is 1.69. The minimum Gasteiger partial charge on any atom is -0.360 e. The Balaban J connectivity index is 2.77. The first kappa shape index (κ1) is 12.7. The van der Waals surface area contributed by atoms with Gasteiger partial charge in [0.2, 0.25) is 5.91 Å². The molecule has 0 fully saturated rings. The van der Waals surface area contributed by atoms with E-state index < -0.39 is 5.41 Å². The molecule has 0 aliphatic heterocycles. The van der Waals surface area contributed by atoms with Gasteiger partial charge in [-0.3, -0.25) is 4.79 Å². The summed E-state index contributed by atoms with van der Waals surface area (Å²) >= 11 is 0. The van der Waals surface area contributed by atoms with Crippen molar-refractivity contribution in [3.8, 4) is 0 Å². The van der Waals surface area contributed by atoms with Crippen LogP contribution in [0.15, 0.2) is 10.6 Å². The van der Waals surface area contributed by atoms with Gasteiger partial charge in [0.1, 0.15) is 5.76 Å². The Morgan fingerprint density at radius 2 is 2.19 bits per heavy atom.